The molecule has 2 aliphatic rings. The van der Waals surface area contributed by atoms with Gasteiger partial charge in [0.2, 0.25) is 0 Å². The van der Waals surface area contributed by atoms with Crippen molar-refractivity contribution in [3.63, 3.8) is 0 Å². The molecule has 7 unspecified atom stereocenters. The number of phosphoric ester groups is 1. The van der Waals surface area contributed by atoms with Gasteiger partial charge < -0.3 is 64.4 Å². The molecule has 0 bridgehead atoms. The van der Waals surface area contributed by atoms with Gasteiger partial charge in [0, 0.05) is 5.56 Å². The largest absolute Gasteiger partial charge is 0.481 e. The van der Waals surface area contributed by atoms with Crippen LogP contribution in [0.5, 0.6) is 0 Å². The number of hydrogen-bond donors (Lipinski definition) is 8. The van der Waals surface area contributed by atoms with Crippen LogP contribution in [0.25, 0.3) is 11.1 Å². The quantitative estimate of drug-likeness (QED) is 0.121. The molecule has 238 valence electrons. The summed E-state index contributed by atoms with van der Waals surface area (Å²) in [5.74, 6) is 0.0881. The number of aromatic nitrogens is 2. The molecule has 2 aromatic heterocycles. The second-order valence-corrected chi connectivity index (χ2v) is 14.1. The van der Waals surface area contributed by atoms with E-state index in [-0.39, 0.29) is 11.4 Å². The van der Waals surface area contributed by atoms with E-state index in [0.717, 1.165) is 0 Å². The van der Waals surface area contributed by atoms with Gasteiger partial charge in [-0.05, 0) is 25.9 Å². The van der Waals surface area contributed by atoms with Crippen molar-refractivity contribution in [3.8, 4) is 0 Å². The zero-order valence-corrected chi connectivity index (χ0v) is 24.5. The van der Waals surface area contributed by atoms with E-state index in [1.165, 1.54) is 12.6 Å². The van der Waals surface area contributed by atoms with Gasteiger partial charge in [-0.2, -0.15) is 0 Å². The Kier molecular flexibility index (Phi) is 10.4. The topological polar surface area (TPSA) is 273 Å². The molecule has 18 nitrogen and oxygen atoms in total. The number of fused-ring (bicyclic) bond motifs is 1. The summed E-state index contributed by atoms with van der Waals surface area (Å²) in [6, 6.07) is -0.696. The maximum Gasteiger partial charge on any atom is 0.481 e. The minimum Gasteiger partial charge on any atom is -0.458 e. The fraction of sp³-hybridized carbons (Fsp3) is 0.700. The Bertz CT molecular complexity index is 1340. The van der Waals surface area contributed by atoms with Gasteiger partial charge >= 0.3 is 14.5 Å². The number of hydrogen-bond acceptors (Lipinski definition) is 17. The summed E-state index contributed by atoms with van der Waals surface area (Å²) in [5, 5.41) is 49.8. The summed E-state index contributed by atoms with van der Waals surface area (Å²) in [7, 11) is -2.12. The molecule has 0 aliphatic carbocycles. The van der Waals surface area contributed by atoms with E-state index in [9.17, 15) is 39.2 Å². The zero-order valence-electron chi connectivity index (χ0n) is 21.9. The Hall–Kier alpha value is -1.29. The van der Waals surface area contributed by atoms with Crippen molar-refractivity contribution in [2.45, 2.75) is 61.2 Å². The first-order chi connectivity index (χ1) is 19.6. The van der Waals surface area contributed by atoms with Crippen molar-refractivity contribution in [2.24, 2.45) is 0 Å². The highest BCUT2D eigenvalue weighted by atomic mass is 32.5. The van der Waals surface area contributed by atoms with E-state index in [1.807, 2.05) is 0 Å². The van der Waals surface area contributed by atoms with Gasteiger partial charge in [0.05, 0.1) is 25.5 Å². The first-order valence-electron chi connectivity index (χ1n) is 12.2. The van der Waals surface area contributed by atoms with E-state index in [1.54, 1.807) is 19.0 Å². The number of anilines is 1. The van der Waals surface area contributed by atoms with Crippen molar-refractivity contribution in [1.29, 1.82) is 0 Å². The molecule has 12 atom stereocenters. The van der Waals surface area contributed by atoms with Crippen molar-refractivity contribution < 1.29 is 71.5 Å². The number of nitrogen functional groups attached to an aromatic ring is 1. The van der Waals surface area contributed by atoms with Crippen molar-refractivity contribution >= 4 is 43.3 Å². The zero-order chi connectivity index (χ0) is 31.1. The average Bonchev–Trinajstić information content (AvgIpc) is 3.48. The minimum absolute atomic E-state index is 0.0881. The normalized spacial score (nSPS) is 35.7. The van der Waals surface area contributed by atoms with Gasteiger partial charge in [-0.1, -0.05) is 0 Å². The number of alkyl halides is 1. The third kappa shape index (κ3) is 7.00. The Balaban J connectivity index is 1.42. The SMILES string of the molecule is CN(C)[C@@H]1[C@H](O)[C@@H](COP(O)(=S)OP(=O)(O)OC2OC([C@@H](F)CO)C(O)C(O)C2O)O[C@H]1c1coc2c(N)ncnc12. The van der Waals surface area contributed by atoms with Gasteiger partial charge in [-0.25, -0.2) is 23.2 Å². The molecule has 22 heteroatoms. The van der Waals surface area contributed by atoms with E-state index in [0.29, 0.717) is 11.1 Å². The van der Waals surface area contributed by atoms with Gasteiger partial charge in [-0.3, -0.25) is 4.52 Å². The van der Waals surface area contributed by atoms with Gasteiger partial charge in [0.25, 0.3) is 0 Å². The Morgan fingerprint density at radius 3 is 2.48 bits per heavy atom. The lowest BCUT2D eigenvalue weighted by atomic mass is 9.96. The minimum atomic E-state index is -5.46. The van der Waals surface area contributed by atoms with Gasteiger partial charge in [0.1, 0.15) is 54.6 Å². The lowest BCUT2D eigenvalue weighted by Gasteiger charge is -2.41. The second kappa shape index (κ2) is 13.0. The number of rotatable bonds is 11. The number of halogens is 1. The smallest absolute Gasteiger partial charge is 0.458 e. The highest BCUT2D eigenvalue weighted by Crippen LogP contribution is 2.62. The fourth-order valence-electron chi connectivity index (χ4n) is 4.64. The van der Waals surface area contributed by atoms with Gasteiger partial charge in [-0.15, -0.1) is 0 Å². The molecule has 2 aromatic rings. The average molecular weight is 664 g/mol. The molecule has 9 N–H and O–H groups in total. The van der Waals surface area contributed by atoms with Crippen LogP contribution in [0.2, 0.25) is 0 Å². The molecule has 4 rings (SSSR count). The summed E-state index contributed by atoms with van der Waals surface area (Å²) < 4.78 is 57.2. The molecule has 42 heavy (non-hydrogen) atoms. The molecular weight excluding hydrogens is 633 g/mol. The monoisotopic (exact) mass is 664 g/mol. The Morgan fingerprint density at radius 1 is 1.14 bits per heavy atom. The molecule has 0 aromatic carbocycles. The van der Waals surface area contributed by atoms with Gasteiger partial charge in [0.15, 0.2) is 23.9 Å². The Labute approximate surface area is 242 Å². The number of phosphoric acid groups is 1. The third-order valence-electron chi connectivity index (χ3n) is 6.66. The van der Waals surface area contributed by atoms with Crippen LogP contribution < -0.4 is 5.73 Å². The molecule has 2 aliphatic heterocycles. The number of aliphatic hydroxyl groups is 5. The first kappa shape index (κ1) is 33.6. The molecule has 4 heterocycles. The number of nitrogens with two attached hydrogens (primary N) is 1. The number of likely N-dealkylation sites (N-methyl/N-ethyl adjacent to an activating group) is 1. The van der Waals surface area contributed by atoms with E-state index >= 15 is 0 Å². The van der Waals surface area contributed by atoms with E-state index < -0.39 is 89.0 Å². The molecule has 0 radical (unpaired) electrons. The lowest BCUT2D eigenvalue weighted by molar-refractivity contribution is -0.287. The molecule has 0 spiro atoms. The summed E-state index contributed by atoms with van der Waals surface area (Å²) in [6.45, 7) is -6.44. The molecule has 2 saturated heterocycles. The number of aliphatic hydroxyl groups excluding tert-OH is 5. The second-order valence-electron chi connectivity index (χ2n) is 9.73. The molecule has 0 amide bonds. The van der Waals surface area contributed by atoms with E-state index in [2.05, 4.69) is 18.8 Å². The van der Waals surface area contributed by atoms with Crippen LogP contribution in [-0.2, 0) is 39.2 Å². The summed E-state index contributed by atoms with van der Waals surface area (Å²) >= 11 is 4.79. The van der Waals surface area contributed by atoms with Crippen LogP contribution in [0.3, 0.4) is 0 Å². The van der Waals surface area contributed by atoms with Crippen LogP contribution in [0, 0.1) is 0 Å². The maximum absolute atomic E-state index is 13.9. The molecular formula is C20H31FN4O14P2S. The van der Waals surface area contributed by atoms with Crippen LogP contribution in [0.1, 0.15) is 11.7 Å². The number of furan rings is 1. The summed E-state index contributed by atoms with van der Waals surface area (Å²) in [6.07, 6.45) is -13.5. The predicted molar refractivity (Wildman–Crippen MR) is 140 cm³/mol. The van der Waals surface area contributed by atoms with Crippen molar-refractivity contribution in [1.82, 2.24) is 14.9 Å². The summed E-state index contributed by atoms with van der Waals surface area (Å²) in [4.78, 5) is 30.3. The molecule has 0 saturated carbocycles. The van der Waals surface area contributed by atoms with Crippen LogP contribution in [0.15, 0.2) is 17.0 Å². The molecule has 2 fully saturated rings. The number of ether oxygens (including phenoxy) is 2. The standard InChI is InChI=1S/C20H31FN4O14P2S/c1-25(2)11-12(27)9(36-16(11)7-4-34-18-10(7)23-6-24-19(18)22)5-35-41(33,42)39-40(31,32)38-20-15(30)13(28)14(29)17(37-20)8(21)3-26/h4,6,8-9,11-17,20,26-30H,3,5H2,1-2H3,(H,31,32)(H,33,42)(H2,22,23,24)/t8-,9+,11+,12+,13?,14?,15?,16-,17?,20?,41?/m0/s1. The summed E-state index contributed by atoms with van der Waals surface area (Å²) in [5.41, 5.74) is 6.81. The highest BCUT2D eigenvalue weighted by Gasteiger charge is 2.51. The van der Waals surface area contributed by atoms with Crippen LogP contribution >= 0.6 is 14.5 Å². The first-order valence-corrected chi connectivity index (χ1v) is 16.3. The van der Waals surface area contributed by atoms with Crippen LogP contribution in [-0.4, -0.2) is 133 Å². The third-order valence-corrected chi connectivity index (χ3v) is 10.2. The predicted octanol–water partition coefficient (Wildman–Crippen LogP) is -1.96. The fourth-order valence-corrected chi connectivity index (χ4v) is 7.74. The lowest BCUT2D eigenvalue weighted by Crippen LogP contribution is -2.60. The van der Waals surface area contributed by atoms with Crippen molar-refractivity contribution in [3.05, 3.63) is 18.2 Å². The van der Waals surface area contributed by atoms with Crippen LogP contribution in [0.4, 0.5) is 10.2 Å². The van der Waals surface area contributed by atoms with Crippen molar-refractivity contribution in [2.75, 3.05) is 33.0 Å². The van der Waals surface area contributed by atoms with E-state index in [4.69, 9.17) is 41.1 Å². The Morgan fingerprint density at radius 2 is 1.83 bits per heavy atom. The highest BCUT2D eigenvalue weighted by molar-refractivity contribution is 8.08. The maximum atomic E-state index is 13.9. The number of nitrogens with zero attached hydrogens (tertiary/aromatic N) is 3.